The maximum Gasteiger partial charge on any atom is 0.0445 e. The van der Waals surface area contributed by atoms with Crippen molar-refractivity contribution in [3.05, 3.63) is 23.5 Å². The number of aromatic nitrogens is 1. The lowest BCUT2D eigenvalue weighted by Gasteiger charge is -2.36. The molecule has 2 atom stereocenters. The van der Waals surface area contributed by atoms with Gasteiger partial charge in [0.25, 0.3) is 0 Å². The lowest BCUT2D eigenvalue weighted by Crippen LogP contribution is -2.36. The Morgan fingerprint density at radius 2 is 2.20 bits per heavy atom. The van der Waals surface area contributed by atoms with Crippen molar-refractivity contribution in [1.82, 2.24) is 10.3 Å². The minimum Gasteiger partial charge on any atom is -0.371 e. The predicted molar refractivity (Wildman–Crippen MR) is 86.2 cm³/mol. The topological polar surface area (TPSA) is 28.2 Å². The Kier molecular flexibility index (Phi) is 5.41. The third-order valence-corrected chi connectivity index (χ3v) is 4.50. The molecule has 0 aromatic carbocycles. The summed E-state index contributed by atoms with van der Waals surface area (Å²) in [6, 6.07) is 2.92. The van der Waals surface area contributed by atoms with Gasteiger partial charge in [0.1, 0.15) is 0 Å². The van der Waals surface area contributed by atoms with E-state index in [9.17, 15) is 0 Å². The van der Waals surface area contributed by atoms with E-state index < -0.39 is 0 Å². The number of nitrogens with zero attached hydrogens (tertiary/aromatic N) is 2. The molecule has 0 bridgehead atoms. The molecule has 1 aliphatic carbocycles. The summed E-state index contributed by atoms with van der Waals surface area (Å²) < 4.78 is 0. The smallest absolute Gasteiger partial charge is 0.0445 e. The second kappa shape index (κ2) is 7.07. The molecule has 1 heterocycles. The lowest BCUT2D eigenvalue weighted by atomic mass is 9.86. The minimum absolute atomic E-state index is 0.681. The first kappa shape index (κ1) is 15.3. The van der Waals surface area contributed by atoms with E-state index in [1.807, 2.05) is 6.20 Å². The molecule has 112 valence electrons. The van der Waals surface area contributed by atoms with Crippen molar-refractivity contribution in [1.29, 1.82) is 0 Å². The summed E-state index contributed by atoms with van der Waals surface area (Å²) in [6.45, 7) is 8.52. The summed E-state index contributed by atoms with van der Waals surface area (Å²) in [5.74, 6) is 0.858. The largest absolute Gasteiger partial charge is 0.371 e. The Morgan fingerprint density at radius 3 is 2.90 bits per heavy atom. The number of rotatable bonds is 5. The Bertz CT molecular complexity index is 430. The molecule has 2 unspecified atom stereocenters. The van der Waals surface area contributed by atoms with Crippen LogP contribution in [0.3, 0.4) is 0 Å². The molecule has 2 rings (SSSR count). The SMILES string of the molecule is CCNCc1cnc(C)cc1N(C)C1CCCC(C)C1. The number of nitrogens with one attached hydrogen (secondary N) is 1. The summed E-state index contributed by atoms with van der Waals surface area (Å²) in [5, 5.41) is 3.42. The average molecular weight is 275 g/mol. The van der Waals surface area contributed by atoms with Gasteiger partial charge in [-0.1, -0.05) is 26.7 Å². The Morgan fingerprint density at radius 1 is 1.40 bits per heavy atom. The molecule has 0 aliphatic heterocycles. The van der Waals surface area contributed by atoms with Crippen LogP contribution in [0.5, 0.6) is 0 Å². The normalized spacial score (nSPS) is 22.8. The highest BCUT2D eigenvalue weighted by atomic mass is 15.1. The summed E-state index contributed by atoms with van der Waals surface area (Å²) >= 11 is 0. The van der Waals surface area contributed by atoms with Gasteiger partial charge in [-0.15, -0.1) is 0 Å². The summed E-state index contributed by atoms with van der Waals surface area (Å²) in [4.78, 5) is 6.97. The summed E-state index contributed by atoms with van der Waals surface area (Å²) in [6.07, 6.45) is 7.43. The second-order valence-corrected chi connectivity index (χ2v) is 6.27. The third kappa shape index (κ3) is 3.72. The highest BCUT2D eigenvalue weighted by molar-refractivity contribution is 5.54. The maximum atomic E-state index is 4.47. The predicted octanol–water partition coefficient (Wildman–Crippen LogP) is 3.51. The molecule has 1 saturated carbocycles. The number of anilines is 1. The molecule has 1 aliphatic rings. The van der Waals surface area contributed by atoms with E-state index in [0.29, 0.717) is 6.04 Å². The molecule has 20 heavy (non-hydrogen) atoms. The summed E-state index contributed by atoms with van der Waals surface area (Å²) in [5.41, 5.74) is 3.78. The zero-order chi connectivity index (χ0) is 14.5. The number of hydrogen-bond donors (Lipinski definition) is 1. The van der Waals surface area contributed by atoms with Gasteiger partial charge in [-0.05, 0) is 38.3 Å². The van der Waals surface area contributed by atoms with Gasteiger partial charge in [0.15, 0.2) is 0 Å². The van der Waals surface area contributed by atoms with E-state index in [4.69, 9.17) is 0 Å². The second-order valence-electron chi connectivity index (χ2n) is 6.27. The van der Waals surface area contributed by atoms with E-state index in [1.165, 1.54) is 36.9 Å². The zero-order valence-electron chi connectivity index (χ0n) is 13.4. The summed E-state index contributed by atoms with van der Waals surface area (Å²) in [7, 11) is 2.26. The van der Waals surface area contributed by atoms with E-state index in [0.717, 1.165) is 24.7 Å². The minimum atomic E-state index is 0.681. The fourth-order valence-corrected chi connectivity index (χ4v) is 3.25. The Balaban J connectivity index is 2.18. The van der Waals surface area contributed by atoms with Crippen LogP contribution in [0.25, 0.3) is 0 Å². The first-order valence-electron chi connectivity index (χ1n) is 8.00. The molecular formula is C17H29N3. The first-order valence-corrected chi connectivity index (χ1v) is 8.00. The van der Waals surface area contributed by atoms with Crippen molar-refractivity contribution in [2.24, 2.45) is 5.92 Å². The van der Waals surface area contributed by atoms with Crippen LogP contribution in [-0.2, 0) is 6.54 Å². The van der Waals surface area contributed by atoms with Crippen molar-refractivity contribution in [3.8, 4) is 0 Å². The third-order valence-electron chi connectivity index (χ3n) is 4.50. The van der Waals surface area contributed by atoms with Gasteiger partial charge >= 0.3 is 0 Å². The fourth-order valence-electron chi connectivity index (χ4n) is 3.25. The standard InChI is InChI=1S/C17H29N3/c1-5-18-11-15-12-19-14(3)10-17(15)20(4)16-8-6-7-13(2)9-16/h10,12-13,16,18H,5-9,11H2,1-4H3. The molecule has 1 N–H and O–H groups in total. The highest BCUT2D eigenvalue weighted by Crippen LogP contribution is 2.31. The van der Waals surface area contributed by atoms with E-state index in [2.05, 4.69) is 49.1 Å². The number of pyridine rings is 1. The molecule has 0 amide bonds. The lowest BCUT2D eigenvalue weighted by molar-refractivity contribution is 0.336. The molecule has 0 saturated heterocycles. The van der Waals surface area contributed by atoms with Crippen LogP contribution in [-0.4, -0.2) is 24.6 Å². The molecule has 3 heteroatoms. The van der Waals surface area contributed by atoms with Crippen molar-refractivity contribution in [3.63, 3.8) is 0 Å². The highest BCUT2D eigenvalue weighted by Gasteiger charge is 2.23. The van der Waals surface area contributed by atoms with E-state index >= 15 is 0 Å². The van der Waals surface area contributed by atoms with Crippen LogP contribution < -0.4 is 10.2 Å². The quantitative estimate of drug-likeness (QED) is 0.891. The van der Waals surface area contributed by atoms with Crippen LogP contribution >= 0.6 is 0 Å². The molecule has 0 spiro atoms. The monoisotopic (exact) mass is 275 g/mol. The van der Waals surface area contributed by atoms with Crippen LogP contribution in [0.2, 0.25) is 0 Å². The first-order chi connectivity index (χ1) is 9.61. The zero-order valence-corrected chi connectivity index (χ0v) is 13.4. The van der Waals surface area contributed by atoms with Crippen LogP contribution in [0, 0.1) is 12.8 Å². The molecule has 0 radical (unpaired) electrons. The van der Waals surface area contributed by atoms with Crippen molar-refractivity contribution in [2.75, 3.05) is 18.5 Å². The van der Waals surface area contributed by atoms with Crippen LogP contribution in [0.15, 0.2) is 12.3 Å². The molecule has 1 fully saturated rings. The number of hydrogen-bond acceptors (Lipinski definition) is 3. The number of aryl methyl sites for hydroxylation is 1. The fraction of sp³-hybridized carbons (Fsp3) is 0.706. The van der Waals surface area contributed by atoms with Gasteiger partial charge in [0.05, 0.1) is 0 Å². The molecular weight excluding hydrogens is 246 g/mol. The van der Waals surface area contributed by atoms with Gasteiger partial charge in [-0.3, -0.25) is 4.98 Å². The Hall–Kier alpha value is -1.09. The molecule has 1 aromatic heterocycles. The average Bonchev–Trinajstić information content (AvgIpc) is 2.45. The van der Waals surface area contributed by atoms with E-state index in [1.54, 1.807) is 0 Å². The van der Waals surface area contributed by atoms with Crippen molar-refractivity contribution in [2.45, 2.75) is 59.0 Å². The van der Waals surface area contributed by atoms with Crippen molar-refractivity contribution >= 4 is 5.69 Å². The van der Waals surface area contributed by atoms with Crippen LogP contribution in [0.1, 0.15) is 50.8 Å². The van der Waals surface area contributed by atoms with Gasteiger partial charge in [-0.2, -0.15) is 0 Å². The molecule has 3 nitrogen and oxygen atoms in total. The molecule has 1 aromatic rings. The Labute approximate surface area is 123 Å². The van der Waals surface area contributed by atoms with E-state index in [-0.39, 0.29) is 0 Å². The van der Waals surface area contributed by atoms with Gasteiger partial charge in [0.2, 0.25) is 0 Å². The van der Waals surface area contributed by atoms with Gasteiger partial charge in [0, 0.05) is 42.8 Å². The van der Waals surface area contributed by atoms with Crippen molar-refractivity contribution < 1.29 is 0 Å². The van der Waals surface area contributed by atoms with Crippen LogP contribution in [0.4, 0.5) is 5.69 Å². The van der Waals surface area contributed by atoms with Gasteiger partial charge in [-0.25, -0.2) is 0 Å². The van der Waals surface area contributed by atoms with Gasteiger partial charge < -0.3 is 10.2 Å². The maximum absolute atomic E-state index is 4.47.